The maximum absolute atomic E-state index is 12.7. The third kappa shape index (κ3) is 4.44. The number of nitrogens with one attached hydrogen (secondary N) is 2. The molecule has 2 aliphatic rings. The lowest BCUT2D eigenvalue weighted by Crippen LogP contribution is -2.15. The van der Waals surface area contributed by atoms with Crippen LogP contribution in [0.4, 0.5) is 11.5 Å². The van der Waals surface area contributed by atoms with Gasteiger partial charge in [0.05, 0.1) is 12.2 Å². The molecule has 4 aromatic rings. The van der Waals surface area contributed by atoms with E-state index in [4.69, 9.17) is 16.6 Å². The van der Waals surface area contributed by atoms with E-state index >= 15 is 0 Å². The molecular formula is C26H24ClN5O. The molecule has 1 amide bonds. The van der Waals surface area contributed by atoms with Gasteiger partial charge in [-0.3, -0.25) is 4.79 Å². The summed E-state index contributed by atoms with van der Waals surface area (Å²) in [6.07, 6.45) is 9.37. The zero-order valence-corrected chi connectivity index (χ0v) is 18.8. The molecular weight excluding hydrogens is 434 g/mol. The standard InChI is InChI=1S/C26H24ClN5O/c27-19-3-1-2-17(10-19)22-12-23(22)26(33)31-24-11-20(8-9-28-24)29-13-21-15-32-14-18(16-4-5-16)6-7-25(32)30-21/h1-3,6-11,14-16,22-23H,4-5,12-13H2,(H2,28,29,31,33). The number of imidazole rings is 1. The molecule has 166 valence electrons. The van der Waals surface area contributed by atoms with Crippen molar-refractivity contribution in [1.82, 2.24) is 14.4 Å². The van der Waals surface area contributed by atoms with E-state index in [0.717, 1.165) is 34.9 Å². The number of hydrogen-bond donors (Lipinski definition) is 2. The summed E-state index contributed by atoms with van der Waals surface area (Å²) in [5.74, 6) is 1.45. The monoisotopic (exact) mass is 457 g/mol. The summed E-state index contributed by atoms with van der Waals surface area (Å²) in [6, 6.07) is 15.8. The van der Waals surface area contributed by atoms with E-state index in [9.17, 15) is 4.79 Å². The first-order valence-corrected chi connectivity index (χ1v) is 11.7. The molecule has 1 aromatic carbocycles. The highest BCUT2D eigenvalue weighted by Gasteiger charge is 2.44. The molecule has 0 aliphatic heterocycles. The van der Waals surface area contributed by atoms with Gasteiger partial charge in [0, 0.05) is 41.3 Å². The molecule has 3 heterocycles. The maximum Gasteiger partial charge on any atom is 0.229 e. The molecule has 6 nitrogen and oxygen atoms in total. The molecule has 2 saturated carbocycles. The molecule has 2 N–H and O–H groups in total. The van der Waals surface area contributed by atoms with Crippen molar-refractivity contribution in [3.63, 3.8) is 0 Å². The Morgan fingerprint density at radius 2 is 2.00 bits per heavy atom. The van der Waals surface area contributed by atoms with Crippen LogP contribution in [-0.4, -0.2) is 20.3 Å². The van der Waals surface area contributed by atoms with Gasteiger partial charge in [0.1, 0.15) is 11.5 Å². The molecule has 0 bridgehead atoms. The van der Waals surface area contributed by atoms with Crippen molar-refractivity contribution in [3.05, 3.63) is 89.0 Å². The highest BCUT2D eigenvalue weighted by atomic mass is 35.5. The van der Waals surface area contributed by atoms with Crippen LogP contribution in [0.1, 0.15) is 47.9 Å². The van der Waals surface area contributed by atoms with Crippen LogP contribution in [0.15, 0.2) is 67.1 Å². The summed E-state index contributed by atoms with van der Waals surface area (Å²) in [7, 11) is 0. The van der Waals surface area contributed by atoms with Gasteiger partial charge in [-0.2, -0.15) is 0 Å². The number of nitrogens with zero attached hydrogens (tertiary/aromatic N) is 3. The van der Waals surface area contributed by atoms with Gasteiger partial charge in [0.2, 0.25) is 5.91 Å². The fourth-order valence-corrected chi connectivity index (χ4v) is 4.61. The van der Waals surface area contributed by atoms with Crippen molar-refractivity contribution in [2.45, 2.75) is 37.6 Å². The minimum Gasteiger partial charge on any atom is -0.379 e. The number of aromatic nitrogens is 3. The number of carbonyl (C=O) groups is 1. The van der Waals surface area contributed by atoms with Gasteiger partial charge < -0.3 is 15.0 Å². The molecule has 0 radical (unpaired) electrons. The molecule has 6 rings (SSSR count). The molecule has 7 heteroatoms. The largest absolute Gasteiger partial charge is 0.379 e. The van der Waals surface area contributed by atoms with Crippen LogP contribution in [0.3, 0.4) is 0 Å². The highest BCUT2D eigenvalue weighted by molar-refractivity contribution is 6.30. The Hall–Kier alpha value is -3.38. The first-order valence-electron chi connectivity index (χ1n) is 11.4. The number of carbonyl (C=O) groups excluding carboxylic acids is 1. The van der Waals surface area contributed by atoms with Crippen molar-refractivity contribution in [2.75, 3.05) is 10.6 Å². The molecule has 2 atom stereocenters. The second-order valence-electron chi connectivity index (χ2n) is 9.01. The summed E-state index contributed by atoms with van der Waals surface area (Å²) in [6.45, 7) is 0.595. The van der Waals surface area contributed by atoms with Crippen molar-refractivity contribution in [1.29, 1.82) is 0 Å². The van der Waals surface area contributed by atoms with Crippen molar-refractivity contribution in [2.24, 2.45) is 5.92 Å². The summed E-state index contributed by atoms with van der Waals surface area (Å²) < 4.78 is 2.11. The second kappa shape index (κ2) is 8.19. The lowest BCUT2D eigenvalue weighted by molar-refractivity contribution is -0.117. The highest BCUT2D eigenvalue weighted by Crippen LogP contribution is 2.48. The van der Waals surface area contributed by atoms with Crippen LogP contribution < -0.4 is 10.6 Å². The second-order valence-corrected chi connectivity index (χ2v) is 9.45. The van der Waals surface area contributed by atoms with E-state index in [-0.39, 0.29) is 17.7 Å². The molecule has 3 aromatic heterocycles. The number of anilines is 2. The fourth-order valence-electron chi connectivity index (χ4n) is 4.42. The minimum atomic E-state index is -0.0413. The summed E-state index contributed by atoms with van der Waals surface area (Å²) in [4.78, 5) is 21.7. The summed E-state index contributed by atoms with van der Waals surface area (Å²) >= 11 is 6.09. The van der Waals surface area contributed by atoms with E-state index < -0.39 is 0 Å². The van der Waals surface area contributed by atoms with Crippen molar-refractivity contribution < 1.29 is 4.79 Å². The average Bonchev–Trinajstić information content (AvgIpc) is 3.74. The smallest absolute Gasteiger partial charge is 0.229 e. The topological polar surface area (TPSA) is 71.3 Å². The normalized spacial score (nSPS) is 19.4. The van der Waals surface area contributed by atoms with Gasteiger partial charge in [-0.15, -0.1) is 0 Å². The molecule has 33 heavy (non-hydrogen) atoms. The number of halogens is 1. The predicted octanol–water partition coefficient (Wildman–Crippen LogP) is 5.61. The Morgan fingerprint density at radius 3 is 2.85 bits per heavy atom. The van der Waals surface area contributed by atoms with Crippen LogP contribution in [0, 0.1) is 5.92 Å². The SMILES string of the molecule is O=C(Nc1cc(NCc2cn3cc(C4CC4)ccc3n2)ccn1)C1CC1c1cccc(Cl)c1. The van der Waals surface area contributed by atoms with Crippen LogP contribution in [0.5, 0.6) is 0 Å². The number of pyridine rings is 2. The first-order chi connectivity index (χ1) is 16.1. The van der Waals surface area contributed by atoms with Gasteiger partial charge in [-0.1, -0.05) is 29.8 Å². The number of rotatable bonds is 7. The Kier molecular flexibility index (Phi) is 5.03. The fraction of sp³-hybridized carbons (Fsp3) is 0.269. The Morgan fingerprint density at radius 1 is 1.09 bits per heavy atom. The van der Waals surface area contributed by atoms with Crippen molar-refractivity contribution in [3.8, 4) is 0 Å². The molecule has 2 unspecified atom stereocenters. The van der Waals surface area contributed by atoms with Crippen LogP contribution in [0.25, 0.3) is 5.65 Å². The van der Waals surface area contributed by atoms with Gasteiger partial charge >= 0.3 is 0 Å². The Labute approximate surface area is 197 Å². The van der Waals surface area contributed by atoms with Gasteiger partial charge in [0.25, 0.3) is 0 Å². The zero-order valence-electron chi connectivity index (χ0n) is 18.0. The van der Waals surface area contributed by atoms with Gasteiger partial charge in [-0.05, 0) is 66.5 Å². The maximum atomic E-state index is 12.7. The summed E-state index contributed by atoms with van der Waals surface area (Å²) in [5.41, 5.74) is 5.31. The van der Waals surface area contributed by atoms with E-state index in [0.29, 0.717) is 17.4 Å². The Bertz CT molecular complexity index is 1350. The van der Waals surface area contributed by atoms with Gasteiger partial charge in [0.15, 0.2) is 0 Å². The first kappa shape index (κ1) is 20.2. The minimum absolute atomic E-state index is 0.00329. The molecule has 0 saturated heterocycles. The number of amides is 1. The van der Waals surface area contributed by atoms with Crippen LogP contribution >= 0.6 is 11.6 Å². The van der Waals surface area contributed by atoms with E-state index in [1.165, 1.54) is 18.4 Å². The van der Waals surface area contributed by atoms with E-state index in [1.54, 1.807) is 6.20 Å². The molecule has 2 aliphatic carbocycles. The van der Waals surface area contributed by atoms with Crippen molar-refractivity contribution >= 4 is 34.7 Å². The van der Waals surface area contributed by atoms with E-state index in [1.807, 2.05) is 36.4 Å². The average molecular weight is 458 g/mol. The van der Waals surface area contributed by atoms with E-state index in [2.05, 4.69) is 44.5 Å². The lowest BCUT2D eigenvalue weighted by Gasteiger charge is -2.08. The molecule has 0 spiro atoms. The van der Waals surface area contributed by atoms with Gasteiger partial charge in [-0.25, -0.2) is 9.97 Å². The number of fused-ring (bicyclic) bond motifs is 1. The predicted molar refractivity (Wildman–Crippen MR) is 130 cm³/mol. The Balaban J connectivity index is 1.08. The third-order valence-corrected chi connectivity index (χ3v) is 6.70. The number of benzene rings is 1. The third-order valence-electron chi connectivity index (χ3n) is 6.46. The van der Waals surface area contributed by atoms with Crippen LogP contribution in [0.2, 0.25) is 5.02 Å². The van der Waals surface area contributed by atoms with Crippen LogP contribution in [-0.2, 0) is 11.3 Å². The lowest BCUT2D eigenvalue weighted by atomic mass is 10.1. The quantitative estimate of drug-likeness (QED) is 0.378. The zero-order chi connectivity index (χ0) is 22.4. The summed E-state index contributed by atoms with van der Waals surface area (Å²) in [5, 5.41) is 7.05. The number of hydrogen-bond acceptors (Lipinski definition) is 4. The molecule has 2 fully saturated rings.